The number of fused-ring (bicyclic) bond motifs is 1. The first-order chi connectivity index (χ1) is 10.4. The van der Waals surface area contributed by atoms with Gasteiger partial charge in [-0.1, -0.05) is 36.4 Å². The maximum absolute atomic E-state index is 10.5. The van der Waals surface area contributed by atoms with Gasteiger partial charge in [0.1, 0.15) is 12.4 Å². The highest BCUT2D eigenvalue weighted by Crippen LogP contribution is 2.29. The van der Waals surface area contributed by atoms with E-state index in [1.165, 1.54) is 0 Å². The summed E-state index contributed by atoms with van der Waals surface area (Å²) >= 11 is 0. The number of aromatic nitrogens is 1. The SMILES string of the molecule is O=CNCc1c[nH]c2cccc(OCc3ccccc3)c12. The number of hydrogen-bond acceptors (Lipinski definition) is 2. The van der Waals surface area contributed by atoms with Gasteiger partial charge in [-0.3, -0.25) is 4.79 Å². The molecule has 4 heteroatoms. The third-order valence-electron chi connectivity index (χ3n) is 3.36. The van der Waals surface area contributed by atoms with Gasteiger partial charge >= 0.3 is 0 Å². The molecule has 0 saturated carbocycles. The van der Waals surface area contributed by atoms with E-state index in [4.69, 9.17) is 4.74 Å². The van der Waals surface area contributed by atoms with Crippen LogP contribution in [0.1, 0.15) is 11.1 Å². The Kier molecular flexibility index (Phi) is 3.87. The van der Waals surface area contributed by atoms with Crippen molar-refractivity contribution in [3.63, 3.8) is 0 Å². The second-order valence-corrected chi connectivity index (χ2v) is 4.77. The molecule has 21 heavy (non-hydrogen) atoms. The summed E-state index contributed by atoms with van der Waals surface area (Å²) in [5.74, 6) is 0.820. The molecule has 4 nitrogen and oxygen atoms in total. The van der Waals surface area contributed by atoms with Gasteiger partial charge in [-0.2, -0.15) is 0 Å². The number of carbonyl (C=O) groups is 1. The van der Waals surface area contributed by atoms with Crippen LogP contribution in [0.2, 0.25) is 0 Å². The first-order valence-electron chi connectivity index (χ1n) is 6.81. The molecular formula is C17H16N2O2. The van der Waals surface area contributed by atoms with Crippen molar-refractivity contribution in [3.05, 3.63) is 65.9 Å². The topological polar surface area (TPSA) is 54.1 Å². The van der Waals surface area contributed by atoms with Crippen LogP contribution in [0.15, 0.2) is 54.7 Å². The van der Waals surface area contributed by atoms with Gasteiger partial charge in [0, 0.05) is 29.2 Å². The van der Waals surface area contributed by atoms with Crippen LogP contribution in [0.5, 0.6) is 5.75 Å². The highest BCUT2D eigenvalue weighted by molar-refractivity contribution is 5.89. The number of aromatic amines is 1. The molecule has 0 atom stereocenters. The Hall–Kier alpha value is -2.75. The first-order valence-corrected chi connectivity index (χ1v) is 6.81. The molecule has 0 fully saturated rings. The molecular weight excluding hydrogens is 264 g/mol. The Morgan fingerprint density at radius 2 is 1.95 bits per heavy atom. The molecule has 1 amide bonds. The van der Waals surface area contributed by atoms with Gasteiger partial charge in [0.25, 0.3) is 0 Å². The highest BCUT2D eigenvalue weighted by atomic mass is 16.5. The summed E-state index contributed by atoms with van der Waals surface area (Å²) in [6.45, 7) is 1.00. The third kappa shape index (κ3) is 2.89. The highest BCUT2D eigenvalue weighted by Gasteiger charge is 2.09. The Labute approximate surface area is 122 Å². The predicted molar refractivity (Wildman–Crippen MR) is 82.0 cm³/mol. The fourth-order valence-corrected chi connectivity index (χ4v) is 2.37. The van der Waals surface area contributed by atoms with Crippen LogP contribution in [-0.4, -0.2) is 11.4 Å². The lowest BCUT2D eigenvalue weighted by Gasteiger charge is -2.09. The number of benzene rings is 2. The van der Waals surface area contributed by atoms with E-state index >= 15 is 0 Å². The van der Waals surface area contributed by atoms with E-state index in [2.05, 4.69) is 10.3 Å². The molecule has 0 aliphatic heterocycles. The Morgan fingerprint density at radius 3 is 2.76 bits per heavy atom. The van der Waals surface area contributed by atoms with Crippen LogP contribution in [0.25, 0.3) is 10.9 Å². The second-order valence-electron chi connectivity index (χ2n) is 4.77. The average Bonchev–Trinajstić information content (AvgIpc) is 2.96. The Bertz CT molecular complexity index is 735. The number of rotatable bonds is 6. The maximum atomic E-state index is 10.5. The van der Waals surface area contributed by atoms with E-state index in [1.807, 2.05) is 54.7 Å². The Morgan fingerprint density at radius 1 is 1.10 bits per heavy atom. The van der Waals surface area contributed by atoms with Gasteiger partial charge in [-0.25, -0.2) is 0 Å². The van der Waals surface area contributed by atoms with Gasteiger partial charge in [-0.15, -0.1) is 0 Å². The fourth-order valence-electron chi connectivity index (χ4n) is 2.37. The smallest absolute Gasteiger partial charge is 0.207 e. The number of carbonyl (C=O) groups excluding carboxylic acids is 1. The zero-order chi connectivity index (χ0) is 14.5. The standard InChI is InChI=1S/C17H16N2O2/c20-12-18-9-14-10-19-15-7-4-8-16(17(14)15)21-11-13-5-2-1-3-6-13/h1-8,10,12,19H,9,11H2,(H,18,20). The molecule has 0 unspecified atom stereocenters. The number of H-pyrrole nitrogens is 1. The van der Waals surface area contributed by atoms with Crippen molar-refractivity contribution in [1.29, 1.82) is 0 Å². The van der Waals surface area contributed by atoms with E-state index in [1.54, 1.807) is 0 Å². The first kappa shape index (κ1) is 13.2. The molecule has 0 radical (unpaired) electrons. The minimum absolute atomic E-state index is 0.481. The minimum Gasteiger partial charge on any atom is -0.488 e. The van der Waals surface area contributed by atoms with Crippen LogP contribution in [0.3, 0.4) is 0 Å². The van der Waals surface area contributed by atoms with Gasteiger partial charge < -0.3 is 15.0 Å². The summed E-state index contributed by atoms with van der Waals surface area (Å²) in [6, 6.07) is 15.9. The maximum Gasteiger partial charge on any atom is 0.207 e. The number of ether oxygens (including phenoxy) is 1. The summed E-state index contributed by atoms with van der Waals surface area (Å²) in [4.78, 5) is 13.7. The molecule has 0 bridgehead atoms. The number of hydrogen-bond donors (Lipinski definition) is 2. The van der Waals surface area contributed by atoms with E-state index in [-0.39, 0.29) is 0 Å². The second kappa shape index (κ2) is 6.13. The van der Waals surface area contributed by atoms with Crippen molar-refractivity contribution in [2.24, 2.45) is 0 Å². The minimum atomic E-state index is 0.481. The summed E-state index contributed by atoms with van der Waals surface area (Å²) < 4.78 is 5.95. The molecule has 2 aromatic carbocycles. The lowest BCUT2D eigenvalue weighted by molar-refractivity contribution is -0.109. The van der Waals surface area contributed by atoms with Crippen molar-refractivity contribution in [3.8, 4) is 5.75 Å². The Balaban J connectivity index is 1.87. The molecule has 3 aromatic rings. The monoisotopic (exact) mass is 280 g/mol. The van der Waals surface area contributed by atoms with E-state index in [0.717, 1.165) is 27.8 Å². The third-order valence-corrected chi connectivity index (χ3v) is 3.36. The fraction of sp³-hybridized carbons (Fsp3) is 0.118. The molecule has 1 aromatic heterocycles. The molecule has 1 heterocycles. The zero-order valence-electron chi connectivity index (χ0n) is 11.5. The number of nitrogens with one attached hydrogen (secondary N) is 2. The van der Waals surface area contributed by atoms with Crippen molar-refractivity contribution >= 4 is 17.3 Å². The van der Waals surface area contributed by atoms with Crippen LogP contribution >= 0.6 is 0 Å². The van der Waals surface area contributed by atoms with Crippen molar-refractivity contribution < 1.29 is 9.53 Å². The normalized spacial score (nSPS) is 10.5. The lowest BCUT2D eigenvalue weighted by atomic mass is 10.1. The largest absolute Gasteiger partial charge is 0.488 e. The predicted octanol–water partition coefficient (Wildman–Crippen LogP) is 2.99. The molecule has 106 valence electrons. The zero-order valence-corrected chi connectivity index (χ0v) is 11.5. The molecule has 0 saturated heterocycles. The van der Waals surface area contributed by atoms with Gasteiger partial charge in [0.15, 0.2) is 0 Å². The van der Waals surface area contributed by atoms with Gasteiger partial charge in [0.2, 0.25) is 6.41 Å². The number of amides is 1. The van der Waals surface area contributed by atoms with E-state index < -0.39 is 0 Å². The van der Waals surface area contributed by atoms with Gasteiger partial charge in [-0.05, 0) is 17.7 Å². The molecule has 3 rings (SSSR count). The van der Waals surface area contributed by atoms with Crippen LogP contribution < -0.4 is 10.1 Å². The molecule has 2 N–H and O–H groups in total. The molecule has 0 aliphatic rings. The average molecular weight is 280 g/mol. The van der Waals surface area contributed by atoms with Crippen LogP contribution in [0.4, 0.5) is 0 Å². The summed E-state index contributed by atoms with van der Waals surface area (Å²) in [5.41, 5.74) is 3.14. The van der Waals surface area contributed by atoms with E-state index in [9.17, 15) is 4.79 Å². The molecule has 0 aliphatic carbocycles. The summed E-state index contributed by atoms with van der Waals surface area (Å²) in [5, 5.41) is 3.70. The lowest BCUT2D eigenvalue weighted by Crippen LogP contribution is -2.09. The van der Waals surface area contributed by atoms with Gasteiger partial charge in [0.05, 0.1) is 0 Å². The van der Waals surface area contributed by atoms with Crippen LogP contribution in [-0.2, 0) is 17.9 Å². The van der Waals surface area contributed by atoms with Crippen molar-refractivity contribution in [1.82, 2.24) is 10.3 Å². The quantitative estimate of drug-likeness (QED) is 0.682. The van der Waals surface area contributed by atoms with Crippen LogP contribution in [0, 0.1) is 0 Å². The van der Waals surface area contributed by atoms with E-state index in [0.29, 0.717) is 19.6 Å². The van der Waals surface area contributed by atoms with Crippen molar-refractivity contribution in [2.75, 3.05) is 0 Å². The summed E-state index contributed by atoms with van der Waals surface area (Å²) in [7, 11) is 0. The molecule has 0 spiro atoms. The van der Waals surface area contributed by atoms with Crippen molar-refractivity contribution in [2.45, 2.75) is 13.2 Å². The summed E-state index contributed by atoms with van der Waals surface area (Å²) in [6.07, 6.45) is 2.60.